The first-order valence-corrected chi connectivity index (χ1v) is 9.83. The molecule has 0 aliphatic carbocycles. The van der Waals surface area contributed by atoms with Gasteiger partial charge in [-0.1, -0.05) is 25.4 Å². The van der Waals surface area contributed by atoms with Crippen LogP contribution in [0.15, 0.2) is 5.16 Å². The van der Waals surface area contributed by atoms with E-state index in [9.17, 15) is 20.1 Å². The Morgan fingerprint density at radius 3 is 2.61 bits per heavy atom. The topological polar surface area (TPSA) is 127 Å². The number of aliphatic hydroxyl groups excluding tert-OH is 3. The monoisotopic (exact) mass is 405 g/mol. The summed E-state index contributed by atoms with van der Waals surface area (Å²) in [6, 6.07) is 0. The molecule has 1 aliphatic heterocycles. The molecule has 28 heavy (non-hydrogen) atoms. The quantitative estimate of drug-likeness (QED) is 0.257. The molecule has 9 heteroatoms. The van der Waals surface area contributed by atoms with Crippen LogP contribution in [0.1, 0.15) is 46.0 Å². The van der Waals surface area contributed by atoms with E-state index in [0.717, 1.165) is 0 Å². The second-order valence-corrected chi connectivity index (χ2v) is 7.23. The van der Waals surface area contributed by atoms with E-state index in [2.05, 4.69) is 5.16 Å². The summed E-state index contributed by atoms with van der Waals surface area (Å²) in [5.41, 5.74) is 0.498. The molecule has 0 aromatic rings. The molecular weight excluding hydrogens is 370 g/mol. The number of oxime groups is 1. The summed E-state index contributed by atoms with van der Waals surface area (Å²) in [4.78, 5) is 17.1. The zero-order valence-electron chi connectivity index (χ0n) is 17.1. The number of cyclic esters (lactones) is 1. The Hall–Kier alpha value is -1.26. The van der Waals surface area contributed by atoms with Crippen LogP contribution in [-0.2, 0) is 23.8 Å². The van der Waals surface area contributed by atoms with Crippen molar-refractivity contribution in [1.29, 1.82) is 0 Å². The predicted molar refractivity (Wildman–Crippen MR) is 102 cm³/mol. The van der Waals surface area contributed by atoms with Gasteiger partial charge in [0.1, 0.15) is 12.7 Å². The smallest absolute Gasteiger partial charge is 0.308 e. The molecule has 9 nitrogen and oxygen atoms in total. The van der Waals surface area contributed by atoms with E-state index >= 15 is 0 Å². The molecule has 0 aromatic heterocycles. The molecule has 3 N–H and O–H groups in total. The molecule has 5 atom stereocenters. The molecule has 0 spiro atoms. The van der Waals surface area contributed by atoms with Crippen LogP contribution >= 0.6 is 0 Å². The van der Waals surface area contributed by atoms with Crippen LogP contribution in [0, 0.1) is 11.8 Å². The first-order chi connectivity index (χ1) is 13.4. The zero-order chi connectivity index (χ0) is 20.9. The molecule has 1 saturated heterocycles. The lowest BCUT2D eigenvalue weighted by molar-refractivity contribution is -0.154. The van der Waals surface area contributed by atoms with Gasteiger partial charge in [-0.25, -0.2) is 0 Å². The highest BCUT2D eigenvalue weighted by atomic mass is 16.7. The molecule has 5 unspecified atom stereocenters. The second kappa shape index (κ2) is 13.8. The Morgan fingerprint density at radius 2 is 1.89 bits per heavy atom. The molecule has 1 fully saturated rings. The molecule has 1 heterocycles. The Balaban J connectivity index is 2.76. The highest BCUT2D eigenvalue weighted by Gasteiger charge is 2.29. The van der Waals surface area contributed by atoms with Crippen molar-refractivity contribution in [2.24, 2.45) is 17.0 Å². The third-order valence-electron chi connectivity index (χ3n) is 4.89. The van der Waals surface area contributed by atoms with Crippen molar-refractivity contribution in [3.63, 3.8) is 0 Å². The van der Waals surface area contributed by atoms with E-state index in [0.29, 0.717) is 51.0 Å². The van der Waals surface area contributed by atoms with Crippen LogP contribution in [0.5, 0.6) is 0 Å². The fourth-order valence-electron chi connectivity index (χ4n) is 2.88. The maximum absolute atomic E-state index is 12.0. The highest BCUT2D eigenvalue weighted by Crippen LogP contribution is 2.19. The third-order valence-corrected chi connectivity index (χ3v) is 4.89. The number of aliphatic hydroxyl groups is 3. The maximum Gasteiger partial charge on any atom is 0.308 e. The molecule has 1 aliphatic rings. The summed E-state index contributed by atoms with van der Waals surface area (Å²) >= 11 is 0. The number of hydrogen-bond donors (Lipinski definition) is 3. The Kier molecular flexibility index (Phi) is 12.2. The van der Waals surface area contributed by atoms with Gasteiger partial charge in [0.15, 0.2) is 0 Å². The van der Waals surface area contributed by atoms with Crippen molar-refractivity contribution in [3.8, 4) is 0 Å². The average molecular weight is 405 g/mol. The second-order valence-electron chi connectivity index (χ2n) is 7.23. The van der Waals surface area contributed by atoms with E-state index in [1.165, 1.54) is 0 Å². The molecule has 164 valence electrons. The Bertz CT molecular complexity index is 473. The SMILES string of the molecule is COCCOCO/N=C1\CCC(O)CCCC(C)C(=O)OCC(O)C(O)C1C. The van der Waals surface area contributed by atoms with E-state index in [1.807, 2.05) is 0 Å². The van der Waals surface area contributed by atoms with Crippen molar-refractivity contribution >= 4 is 11.7 Å². The molecule has 0 bridgehead atoms. The van der Waals surface area contributed by atoms with E-state index in [4.69, 9.17) is 19.0 Å². The third kappa shape index (κ3) is 9.29. The number of ether oxygens (including phenoxy) is 3. The van der Waals surface area contributed by atoms with Gasteiger partial charge in [0.2, 0.25) is 6.79 Å². The van der Waals surface area contributed by atoms with Gasteiger partial charge >= 0.3 is 5.97 Å². The van der Waals surface area contributed by atoms with Crippen molar-refractivity contribution in [2.45, 2.75) is 64.3 Å². The van der Waals surface area contributed by atoms with Crippen molar-refractivity contribution in [2.75, 3.05) is 33.7 Å². The Labute approximate surface area is 166 Å². The van der Waals surface area contributed by atoms with Gasteiger partial charge in [0, 0.05) is 13.0 Å². The van der Waals surface area contributed by atoms with Crippen LogP contribution in [0.2, 0.25) is 0 Å². The molecule has 1 rings (SSSR count). The highest BCUT2D eigenvalue weighted by molar-refractivity contribution is 5.86. The number of methoxy groups -OCH3 is 1. The summed E-state index contributed by atoms with van der Waals surface area (Å²) in [7, 11) is 1.57. The zero-order valence-corrected chi connectivity index (χ0v) is 17.1. The number of nitrogens with zero attached hydrogens (tertiary/aromatic N) is 1. The van der Waals surface area contributed by atoms with Gasteiger partial charge in [-0.05, 0) is 25.7 Å². The number of rotatable bonds is 6. The van der Waals surface area contributed by atoms with Crippen LogP contribution in [-0.4, -0.2) is 79.0 Å². The first kappa shape index (κ1) is 24.8. The van der Waals surface area contributed by atoms with E-state index < -0.39 is 30.2 Å². The molecular formula is C19H35NO8. The van der Waals surface area contributed by atoms with Crippen LogP contribution in [0.3, 0.4) is 0 Å². The molecule has 0 saturated carbocycles. The standard InChI is InChI=1S/C19H35NO8/c1-13-5-4-6-15(21)7-8-16(20-28-12-26-10-9-25-3)14(2)18(23)17(22)11-27-19(13)24/h13-15,17-18,21-23H,4-12H2,1-3H3/b20-16+. The summed E-state index contributed by atoms with van der Waals surface area (Å²) in [5, 5.41) is 34.9. The van der Waals surface area contributed by atoms with Crippen molar-refractivity contribution < 1.29 is 39.2 Å². The largest absolute Gasteiger partial charge is 0.463 e. The minimum absolute atomic E-state index is 0.0731. The van der Waals surface area contributed by atoms with Crippen LogP contribution < -0.4 is 0 Å². The number of carbonyl (C=O) groups is 1. The van der Waals surface area contributed by atoms with Crippen molar-refractivity contribution in [1.82, 2.24) is 0 Å². The van der Waals surface area contributed by atoms with Gasteiger partial charge in [-0.2, -0.15) is 0 Å². The minimum atomic E-state index is -1.25. The molecule has 0 radical (unpaired) electrons. The van der Waals surface area contributed by atoms with Crippen LogP contribution in [0.25, 0.3) is 0 Å². The van der Waals surface area contributed by atoms with E-state index in [1.54, 1.807) is 21.0 Å². The minimum Gasteiger partial charge on any atom is -0.463 e. The average Bonchev–Trinajstić information content (AvgIpc) is 2.68. The van der Waals surface area contributed by atoms with Gasteiger partial charge in [0.05, 0.1) is 37.1 Å². The van der Waals surface area contributed by atoms with Gasteiger partial charge in [0.25, 0.3) is 0 Å². The molecule has 0 aromatic carbocycles. The summed E-state index contributed by atoms with van der Waals surface area (Å²) < 4.78 is 15.2. The fraction of sp³-hybridized carbons (Fsp3) is 0.895. The normalized spacial score (nSPS) is 32.6. The van der Waals surface area contributed by atoms with Gasteiger partial charge in [-0.3, -0.25) is 4.79 Å². The lowest BCUT2D eigenvalue weighted by Gasteiger charge is -2.26. The number of carbonyl (C=O) groups excluding carboxylic acids is 1. The number of hydrogen-bond acceptors (Lipinski definition) is 9. The first-order valence-electron chi connectivity index (χ1n) is 9.83. The van der Waals surface area contributed by atoms with E-state index in [-0.39, 0.29) is 19.3 Å². The fourth-order valence-corrected chi connectivity index (χ4v) is 2.88. The van der Waals surface area contributed by atoms with Crippen molar-refractivity contribution in [3.05, 3.63) is 0 Å². The van der Waals surface area contributed by atoms with Gasteiger partial charge in [-0.15, -0.1) is 0 Å². The maximum atomic E-state index is 12.0. The molecule has 0 amide bonds. The lowest BCUT2D eigenvalue weighted by atomic mass is 9.90. The van der Waals surface area contributed by atoms with Gasteiger partial charge < -0.3 is 34.4 Å². The number of esters is 1. The lowest BCUT2D eigenvalue weighted by Crippen LogP contribution is -2.40. The Morgan fingerprint density at radius 1 is 1.14 bits per heavy atom. The summed E-state index contributed by atoms with van der Waals surface area (Å²) in [6.45, 7) is 3.89. The van der Waals surface area contributed by atoms with Crippen LogP contribution in [0.4, 0.5) is 0 Å². The summed E-state index contributed by atoms with van der Waals surface area (Å²) in [6.07, 6.45) is -0.308. The predicted octanol–water partition coefficient (Wildman–Crippen LogP) is 0.842. The summed E-state index contributed by atoms with van der Waals surface area (Å²) in [5.74, 6) is -1.29.